The summed E-state index contributed by atoms with van der Waals surface area (Å²) in [6.45, 7) is 4.94. The smallest absolute Gasteiger partial charge is 0.305 e. The third-order valence-corrected chi connectivity index (χ3v) is 17.0. The van der Waals surface area contributed by atoms with Gasteiger partial charge in [-0.1, -0.05) is 366 Å². The zero-order valence-corrected chi connectivity index (χ0v) is 53.6. The van der Waals surface area contributed by atoms with Gasteiger partial charge in [0.2, 0.25) is 5.91 Å². The minimum Gasteiger partial charge on any atom is -0.466 e. The Balaban J connectivity index is 3.32. The fourth-order valence-corrected chi connectivity index (χ4v) is 11.5. The van der Waals surface area contributed by atoms with Gasteiger partial charge in [-0.15, -0.1) is 0 Å². The van der Waals surface area contributed by atoms with Gasteiger partial charge in [-0.05, 0) is 51.4 Å². The molecule has 0 heterocycles. The molecule has 468 valence electrons. The predicted molar refractivity (Wildman–Crippen MR) is 347 cm³/mol. The topological polar surface area (TPSA) is 95.9 Å². The number of ether oxygens (including phenoxy) is 1. The molecule has 79 heavy (non-hydrogen) atoms. The van der Waals surface area contributed by atoms with Gasteiger partial charge in [-0.3, -0.25) is 9.59 Å². The molecule has 6 heteroatoms. The predicted octanol–water partition coefficient (Wildman–Crippen LogP) is 23.3. The van der Waals surface area contributed by atoms with E-state index >= 15 is 0 Å². The summed E-state index contributed by atoms with van der Waals surface area (Å²) in [5, 5.41) is 23.4. The second kappa shape index (κ2) is 68.8. The first-order valence-electron chi connectivity index (χ1n) is 36.1. The van der Waals surface area contributed by atoms with Gasteiger partial charge < -0.3 is 20.3 Å². The molecule has 0 spiro atoms. The van der Waals surface area contributed by atoms with Crippen LogP contribution in [0, 0.1) is 0 Å². The van der Waals surface area contributed by atoms with Gasteiger partial charge in [0.05, 0.1) is 25.4 Å². The molecule has 0 bridgehead atoms. The molecule has 0 aromatic rings. The molecule has 0 aromatic carbocycles. The summed E-state index contributed by atoms with van der Waals surface area (Å²) in [7, 11) is 0. The second-order valence-electron chi connectivity index (χ2n) is 24.9. The fourth-order valence-electron chi connectivity index (χ4n) is 11.5. The Bertz CT molecular complexity index is 1230. The molecule has 0 saturated carbocycles. The van der Waals surface area contributed by atoms with E-state index in [1.54, 1.807) is 0 Å². The van der Waals surface area contributed by atoms with E-state index in [4.69, 9.17) is 4.74 Å². The van der Waals surface area contributed by atoms with Crippen LogP contribution in [0.1, 0.15) is 406 Å². The third kappa shape index (κ3) is 65.4. The molecular weight excluding hydrogens is 971 g/mol. The Hall–Kier alpha value is -1.66. The van der Waals surface area contributed by atoms with Crippen molar-refractivity contribution in [3.05, 3.63) is 24.3 Å². The Morgan fingerprint density at radius 2 is 0.646 bits per heavy atom. The van der Waals surface area contributed by atoms with Crippen LogP contribution in [-0.2, 0) is 14.3 Å². The molecule has 0 radical (unpaired) electrons. The number of hydrogen-bond donors (Lipinski definition) is 3. The van der Waals surface area contributed by atoms with Crippen LogP contribution in [0.2, 0.25) is 0 Å². The quantitative estimate of drug-likeness (QED) is 0.0320. The largest absolute Gasteiger partial charge is 0.466 e. The summed E-state index contributed by atoms with van der Waals surface area (Å²) in [6.07, 6.45) is 86.7. The molecule has 6 nitrogen and oxygen atoms in total. The number of carbonyl (C=O) groups is 2. The van der Waals surface area contributed by atoms with Crippen molar-refractivity contribution in [2.75, 3.05) is 13.2 Å². The number of aliphatic hydroxyl groups excluding tert-OH is 2. The third-order valence-electron chi connectivity index (χ3n) is 17.0. The normalized spacial score (nSPS) is 12.6. The average molecular weight is 1110 g/mol. The van der Waals surface area contributed by atoms with E-state index in [1.807, 2.05) is 0 Å². The Morgan fingerprint density at radius 3 is 1.00 bits per heavy atom. The molecule has 0 fully saturated rings. The van der Waals surface area contributed by atoms with E-state index in [-0.39, 0.29) is 18.5 Å². The van der Waals surface area contributed by atoms with Gasteiger partial charge in [-0.2, -0.15) is 0 Å². The van der Waals surface area contributed by atoms with Gasteiger partial charge in [0, 0.05) is 12.8 Å². The summed E-state index contributed by atoms with van der Waals surface area (Å²) in [5.74, 6) is -0.0199. The van der Waals surface area contributed by atoms with Crippen LogP contribution >= 0.6 is 0 Å². The highest BCUT2D eigenvalue weighted by molar-refractivity contribution is 5.76. The Kier molecular flexibility index (Phi) is 67.4. The Morgan fingerprint density at radius 1 is 0.354 bits per heavy atom. The van der Waals surface area contributed by atoms with Gasteiger partial charge in [0.1, 0.15) is 0 Å². The minimum absolute atomic E-state index is 0.00711. The van der Waals surface area contributed by atoms with Crippen LogP contribution < -0.4 is 5.32 Å². The first kappa shape index (κ1) is 77.3. The molecule has 0 rings (SSSR count). The van der Waals surface area contributed by atoms with Gasteiger partial charge in [0.25, 0.3) is 0 Å². The standard InChI is InChI=1S/C73H141NO5/c1-3-5-7-9-11-13-15-17-19-38-41-45-49-53-57-61-65-71(76)70(69-75)74-72(77)66-62-58-54-50-46-42-39-36-34-32-30-28-26-24-22-20-21-23-25-27-29-31-33-35-37-40-44-48-52-56-60-64-68-79-73(78)67-63-59-55-51-47-43-18-16-14-12-10-8-6-4-2/h10,12,16,18,70-71,75-76H,3-9,11,13-15,17,19-69H2,1-2H3,(H,74,77)/b12-10-,18-16-. The lowest BCUT2D eigenvalue weighted by Crippen LogP contribution is -2.45. The number of allylic oxidation sites excluding steroid dienone is 4. The molecule has 1 amide bonds. The molecule has 0 aromatic heterocycles. The summed E-state index contributed by atoms with van der Waals surface area (Å²) in [4.78, 5) is 24.6. The van der Waals surface area contributed by atoms with E-state index in [1.165, 1.54) is 321 Å². The van der Waals surface area contributed by atoms with Crippen LogP contribution in [0.15, 0.2) is 24.3 Å². The maximum Gasteiger partial charge on any atom is 0.305 e. The molecule has 3 N–H and O–H groups in total. The van der Waals surface area contributed by atoms with Crippen LogP contribution in [-0.4, -0.2) is 47.4 Å². The highest BCUT2D eigenvalue weighted by atomic mass is 16.5. The first-order chi connectivity index (χ1) is 39.0. The highest BCUT2D eigenvalue weighted by Gasteiger charge is 2.20. The average Bonchev–Trinajstić information content (AvgIpc) is 3.45. The molecule has 2 atom stereocenters. The molecule has 0 aliphatic heterocycles. The molecule has 0 saturated heterocycles. The van der Waals surface area contributed by atoms with Gasteiger partial charge >= 0.3 is 5.97 Å². The molecule has 0 aliphatic rings. The van der Waals surface area contributed by atoms with E-state index in [2.05, 4.69) is 43.5 Å². The van der Waals surface area contributed by atoms with Crippen molar-refractivity contribution in [3.63, 3.8) is 0 Å². The summed E-state index contributed by atoms with van der Waals surface area (Å²) in [5.41, 5.74) is 0. The van der Waals surface area contributed by atoms with Crippen molar-refractivity contribution < 1.29 is 24.5 Å². The van der Waals surface area contributed by atoms with E-state index < -0.39 is 12.1 Å². The van der Waals surface area contributed by atoms with Crippen molar-refractivity contribution in [1.82, 2.24) is 5.32 Å². The zero-order chi connectivity index (χ0) is 57.1. The number of hydrogen-bond acceptors (Lipinski definition) is 5. The van der Waals surface area contributed by atoms with Crippen molar-refractivity contribution in [1.29, 1.82) is 0 Å². The van der Waals surface area contributed by atoms with Gasteiger partial charge in [0.15, 0.2) is 0 Å². The Labute approximate surface area is 494 Å². The number of aliphatic hydroxyl groups is 2. The number of amides is 1. The number of rotatable bonds is 68. The maximum absolute atomic E-state index is 12.5. The first-order valence-corrected chi connectivity index (χ1v) is 36.1. The summed E-state index contributed by atoms with van der Waals surface area (Å²) in [6, 6.07) is -0.538. The lowest BCUT2D eigenvalue weighted by atomic mass is 10.0. The highest BCUT2D eigenvalue weighted by Crippen LogP contribution is 2.19. The molecule has 2 unspecified atom stereocenters. The van der Waals surface area contributed by atoms with Crippen LogP contribution in [0.25, 0.3) is 0 Å². The second-order valence-corrected chi connectivity index (χ2v) is 24.9. The van der Waals surface area contributed by atoms with Crippen molar-refractivity contribution in [2.24, 2.45) is 0 Å². The van der Waals surface area contributed by atoms with E-state index in [9.17, 15) is 19.8 Å². The SMILES string of the molecule is CCCC/C=C\C/C=C\CCCCCCCC(=O)OCCCCCCCCCCCCCCCCCCCCCCCCCCCCCCCCCCC(=O)NC(CO)C(O)CCCCCCCCCCCCCCCCCC. The lowest BCUT2D eigenvalue weighted by Gasteiger charge is -2.22. The fraction of sp³-hybridized carbons (Fsp3) is 0.918. The number of carbonyl (C=O) groups excluding carboxylic acids is 2. The zero-order valence-electron chi connectivity index (χ0n) is 53.6. The van der Waals surface area contributed by atoms with Crippen molar-refractivity contribution in [2.45, 2.75) is 418 Å². The number of esters is 1. The molecular formula is C73H141NO5. The maximum atomic E-state index is 12.5. The van der Waals surface area contributed by atoms with E-state index in [0.717, 1.165) is 51.4 Å². The van der Waals surface area contributed by atoms with Gasteiger partial charge in [-0.25, -0.2) is 0 Å². The number of nitrogens with one attached hydrogen (secondary N) is 1. The van der Waals surface area contributed by atoms with Crippen molar-refractivity contribution in [3.8, 4) is 0 Å². The lowest BCUT2D eigenvalue weighted by molar-refractivity contribution is -0.143. The van der Waals surface area contributed by atoms with Crippen LogP contribution in [0.5, 0.6) is 0 Å². The number of unbranched alkanes of at least 4 members (excludes halogenated alkanes) is 53. The summed E-state index contributed by atoms with van der Waals surface area (Å²) >= 11 is 0. The summed E-state index contributed by atoms with van der Waals surface area (Å²) < 4.78 is 5.48. The van der Waals surface area contributed by atoms with Crippen molar-refractivity contribution >= 4 is 11.9 Å². The monoisotopic (exact) mass is 1110 g/mol. The van der Waals surface area contributed by atoms with E-state index in [0.29, 0.717) is 25.9 Å². The van der Waals surface area contributed by atoms with Crippen LogP contribution in [0.3, 0.4) is 0 Å². The van der Waals surface area contributed by atoms with Crippen LogP contribution in [0.4, 0.5) is 0 Å². The minimum atomic E-state index is -0.661. The molecule has 0 aliphatic carbocycles.